The summed E-state index contributed by atoms with van der Waals surface area (Å²) in [6.07, 6.45) is 1.62. The minimum Gasteiger partial charge on any atom is -0.350 e. The molecule has 0 aliphatic heterocycles. The molecular formula is C26H36N2O2. The van der Waals surface area contributed by atoms with E-state index in [0.29, 0.717) is 25.8 Å². The highest BCUT2D eigenvalue weighted by molar-refractivity contribution is 5.88. The summed E-state index contributed by atoms with van der Waals surface area (Å²) in [5.41, 5.74) is 4.19. The van der Waals surface area contributed by atoms with Crippen LogP contribution in [0.25, 0.3) is 0 Å². The predicted molar refractivity (Wildman–Crippen MR) is 123 cm³/mol. The molecule has 4 heteroatoms. The highest BCUT2D eigenvalue weighted by atomic mass is 16.2. The van der Waals surface area contributed by atoms with Crippen LogP contribution < -0.4 is 5.32 Å². The maximum absolute atomic E-state index is 13.3. The van der Waals surface area contributed by atoms with Crippen molar-refractivity contribution in [3.8, 4) is 0 Å². The number of nitrogens with zero attached hydrogens (tertiary/aromatic N) is 1. The molecular weight excluding hydrogens is 372 g/mol. The fourth-order valence-corrected chi connectivity index (χ4v) is 3.53. The molecule has 1 atom stereocenters. The van der Waals surface area contributed by atoms with Crippen molar-refractivity contribution in [2.75, 3.05) is 0 Å². The Morgan fingerprint density at radius 3 is 2.20 bits per heavy atom. The zero-order valence-corrected chi connectivity index (χ0v) is 19.3. The number of amides is 2. The second-order valence-electron chi connectivity index (χ2n) is 9.16. The topological polar surface area (TPSA) is 49.4 Å². The van der Waals surface area contributed by atoms with Gasteiger partial charge in [0.15, 0.2) is 0 Å². The highest BCUT2D eigenvalue weighted by Gasteiger charge is 2.30. The van der Waals surface area contributed by atoms with Gasteiger partial charge < -0.3 is 10.2 Å². The second kappa shape index (κ2) is 10.4. The van der Waals surface area contributed by atoms with Crippen molar-refractivity contribution < 1.29 is 9.59 Å². The summed E-state index contributed by atoms with van der Waals surface area (Å²) >= 11 is 0. The van der Waals surface area contributed by atoms with Crippen LogP contribution in [0, 0.1) is 13.8 Å². The van der Waals surface area contributed by atoms with Gasteiger partial charge in [0.2, 0.25) is 11.8 Å². The molecule has 30 heavy (non-hydrogen) atoms. The third kappa shape index (κ3) is 7.33. The summed E-state index contributed by atoms with van der Waals surface area (Å²) in [7, 11) is 0. The molecule has 4 nitrogen and oxygen atoms in total. The number of carbonyl (C=O) groups excluding carboxylic acids is 2. The van der Waals surface area contributed by atoms with Gasteiger partial charge in [-0.2, -0.15) is 0 Å². The number of carbonyl (C=O) groups is 2. The molecule has 2 rings (SSSR count). The van der Waals surface area contributed by atoms with E-state index in [9.17, 15) is 9.59 Å². The number of rotatable bonds is 8. The van der Waals surface area contributed by atoms with Crippen LogP contribution >= 0.6 is 0 Å². The third-order valence-corrected chi connectivity index (χ3v) is 5.07. The van der Waals surface area contributed by atoms with Gasteiger partial charge in [0.05, 0.1) is 0 Å². The molecule has 0 saturated heterocycles. The largest absolute Gasteiger partial charge is 0.350 e. The Morgan fingerprint density at radius 2 is 1.63 bits per heavy atom. The molecule has 0 aromatic heterocycles. The Balaban J connectivity index is 2.22. The van der Waals surface area contributed by atoms with Gasteiger partial charge in [-0.05, 0) is 58.6 Å². The maximum Gasteiger partial charge on any atom is 0.243 e. The monoisotopic (exact) mass is 408 g/mol. The van der Waals surface area contributed by atoms with Crippen LogP contribution in [0.2, 0.25) is 0 Å². The molecule has 0 radical (unpaired) electrons. The summed E-state index contributed by atoms with van der Waals surface area (Å²) in [5, 5.41) is 3.05. The van der Waals surface area contributed by atoms with Crippen LogP contribution in [0.15, 0.2) is 48.5 Å². The van der Waals surface area contributed by atoms with E-state index in [0.717, 1.165) is 16.7 Å². The van der Waals surface area contributed by atoms with Gasteiger partial charge >= 0.3 is 0 Å². The van der Waals surface area contributed by atoms with Gasteiger partial charge in [0.1, 0.15) is 6.04 Å². The van der Waals surface area contributed by atoms with Crippen LogP contribution in [0.1, 0.15) is 62.8 Å². The Morgan fingerprint density at radius 1 is 0.967 bits per heavy atom. The smallest absolute Gasteiger partial charge is 0.243 e. The standard InChI is InChI=1S/C26H36N2O2/c1-7-23(25(30)27-26(4,5)6)28(18-22-10-8-9-20(3)17-22)24(29)16-15-21-13-11-19(2)12-14-21/h8-14,17,23H,7,15-16,18H2,1-6H3,(H,27,30)/t23-/m0/s1. The van der Waals surface area contributed by atoms with E-state index in [2.05, 4.69) is 42.6 Å². The number of aryl methyl sites for hydroxylation is 3. The lowest BCUT2D eigenvalue weighted by atomic mass is 10.0. The van der Waals surface area contributed by atoms with E-state index < -0.39 is 6.04 Å². The van der Waals surface area contributed by atoms with Crippen LogP contribution in [0.5, 0.6) is 0 Å². The first-order valence-electron chi connectivity index (χ1n) is 10.8. The summed E-state index contributed by atoms with van der Waals surface area (Å²) in [4.78, 5) is 28.0. The van der Waals surface area contributed by atoms with E-state index in [1.807, 2.05) is 52.8 Å². The second-order valence-corrected chi connectivity index (χ2v) is 9.16. The average Bonchev–Trinajstić information content (AvgIpc) is 2.66. The number of benzene rings is 2. The molecule has 2 aromatic rings. The van der Waals surface area contributed by atoms with Crippen LogP contribution in [0.4, 0.5) is 0 Å². The number of hydrogen-bond acceptors (Lipinski definition) is 2. The third-order valence-electron chi connectivity index (χ3n) is 5.07. The van der Waals surface area contributed by atoms with Crippen LogP contribution in [-0.2, 0) is 22.6 Å². The molecule has 0 saturated carbocycles. The van der Waals surface area contributed by atoms with Gasteiger partial charge in [-0.25, -0.2) is 0 Å². The fraction of sp³-hybridized carbons (Fsp3) is 0.462. The summed E-state index contributed by atoms with van der Waals surface area (Å²) in [6.45, 7) is 12.4. The highest BCUT2D eigenvalue weighted by Crippen LogP contribution is 2.17. The number of hydrogen-bond donors (Lipinski definition) is 1. The van der Waals surface area contributed by atoms with Gasteiger partial charge in [0.25, 0.3) is 0 Å². The molecule has 2 aromatic carbocycles. The van der Waals surface area contributed by atoms with Crippen molar-refractivity contribution in [2.45, 2.75) is 78.9 Å². The van der Waals surface area contributed by atoms with Crippen molar-refractivity contribution in [3.05, 3.63) is 70.8 Å². The van der Waals surface area contributed by atoms with Gasteiger partial charge in [-0.15, -0.1) is 0 Å². The SMILES string of the molecule is CC[C@@H](C(=O)NC(C)(C)C)N(Cc1cccc(C)c1)C(=O)CCc1ccc(C)cc1. The lowest BCUT2D eigenvalue weighted by molar-refractivity contribution is -0.142. The molecule has 0 spiro atoms. The predicted octanol–water partition coefficient (Wildman–Crippen LogP) is 4.96. The average molecular weight is 409 g/mol. The van der Waals surface area contributed by atoms with Gasteiger partial charge in [0, 0.05) is 18.5 Å². The van der Waals surface area contributed by atoms with E-state index in [1.165, 1.54) is 5.56 Å². The van der Waals surface area contributed by atoms with Crippen molar-refractivity contribution in [1.82, 2.24) is 10.2 Å². The van der Waals surface area contributed by atoms with Gasteiger partial charge in [-0.3, -0.25) is 9.59 Å². The minimum absolute atomic E-state index is 0.00740. The quantitative estimate of drug-likeness (QED) is 0.671. The molecule has 0 aliphatic rings. The zero-order valence-electron chi connectivity index (χ0n) is 19.3. The summed E-state index contributed by atoms with van der Waals surface area (Å²) in [5.74, 6) is -0.0886. The van der Waals surface area contributed by atoms with Gasteiger partial charge in [-0.1, -0.05) is 66.6 Å². The first kappa shape index (κ1) is 23.7. The van der Waals surface area contributed by atoms with E-state index in [1.54, 1.807) is 4.90 Å². The molecule has 2 amide bonds. The van der Waals surface area contributed by atoms with Crippen molar-refractivity contribution in [2.24, 2.45) is 0 Å². The first-order chi connectivity index (χ1) is 14.1. The van der Waals surface area contributed by atoms with Crippen molar-refractivity contribution in [3.63, 3.8) is 0 Å². The molecule has 0 aliphatic carbocycles. The molecule has 0 heterocycles. The van der Waals surface area contributed by atoms with Crippen LogP contribution in [0.3, 0.4) is 0 Å². The van der Waals surface area contributed by atoms with Crippen molar-refractivity contribution >= 4 is 11.8 Å². The molecule has 162 valence electrons. The normalized spacial score (nSPS) is 12.3. The molecule has 0 bridgehead atoms. The lowest BCUT2D eigenvalue weighted by Gasteiger charge is -2.33. The Labute approximate surface area is 181 Å². The van der Waals surface area contributed by atoms with Crippen molar-refractivity contribution in [1.29, 1.82) is 0 Å². The maximum atomic E-state index is 13.3. The number of nitrogens with one attached hydrogen (secondary N) is 1. The van der Waals surface area contributed by atoms with Crippen LogP contribution in [-0.4, -0.2) is 28.3 Å². The van der Waals surface area contributed by atoms with E-state index in [4.69, 9.17) is 0 Å². The summed E-state index contributed by atoms with van der Waals surface area (Å²) < 4.78 is 0. The zero-order chi connectivity index (χ0) is 22.3. The lowest BCUT2D eigenvalue weighted by Crippen LogP contribution is -2.53. The Hall–Kier alpha value is -2.62. The molecule has 0 fully saturated rings. The van der Waals surface area contributed by atoms with E-state index in [-0.39, 0.29) is 17.4 Å². The fourth-order valence-electron chi connectivity index (χ4n) is 3.53. The Bertz CT molecular complexity index is 850. The van der Waals surface area contributed by atoms with E-state index >= 15 is 0 Å². The summed E-state index contributed by atoms with van der Waals surface area (Å²) in [6, 6.07) is 15.9. The minimum atomic E-state index is -0.491. The first-order valence-corrected chi connectivity index (χ1v) is 10.8. The molecule has 1 N–H and O–H groups in total. The molecule has 0 unspecified atom stereocenters. The Kier molecular flexibility index (Phi) is 8.22.